The highest BCUT2D eigenvalue weighted by molar-refractivity contribution is 7.08. The fourth-order valence-corrected chi connectivity index (χ4v) is 3.41. The van der Waals surface area contributed by atoms with E-state index >= 15 is 0 Å². The Morgan fingerprint density at radius 2 is 1.92 bits per heavy atom. The summed E-state index contributed by atoms with van der Waals surface area (Å²) < 4.78 is 5.06. The molecule has 0 aliphatic rings. The van der Waals surface area contributed by atoms with Crippen molar-refractivity contribution in [1.29, 1.82) is 0 Å². The van der Waals surface area contributed by atoms with Crippen molar-refractivity contribution in [1.82, 2.24) is 5.32 Å². The quantitative estimate of drug-likeness (QED) is 0.685. The molecule has 0 saturated carbocycles. The van der Waals surface area contributed by atoms with E-state index in [9.17, 15) is 9.59 Å². The lowest BCUT2D eigenvalue weighted by molar-refractivity contribution is -0.148. The second-order valence-corrected chi connectivity index (χ2v) is 6.61. The molecule has 0 aliphatic carbocycles. The number of nitrogens with one attached hydrogen (secondary N) is 1. The normalized spacial score (nSPS) is 11.9. The molecule has 3 aromatic rings. The number of fused-ring (bicyclic) bond motifs is 1. The first-order valence-corrected chi connectivity index (χ1v) is 9.01. The fourth-order valence-electron chi connectivity index (χ4n) is 2.75. The Labute approximate surface area is 150 Å². The molecule has 0 bridgehead atoms. The van der Waals surface area contributed by atoms with Crippen LogP contribution in [0.15, 0.2) is 59.3 Å². The zero-order valence-electron chi connectivity index (χ0n) is 13.9. The van der Waals surface area contributed by atoms with Crippen LogP contribution in [0.2, 0.25) is 0 Å². The second-order valence-electron chi connectivity index (χ2n) is 5.83. The van der Waals surface area contributed by atoms with Crippen molar-refractivity contribution in [3.8, 4) is 0 Å². The number of hydrogen-bond acceptors (Lipinski definition) is 4. The van der Waals surface area contributed by atoms with Crippen molar-refractivity contribution in [2.45, 2.75) is 19.4 Å². The van der Waals surface area contributed by atoms with Gasteiger partial charge in [0.05, 0.1) is 12.5 Å². The van der Waals surface area contributed by atoms with Gasteiger partial charge in [0, 0.05) is 0 Å². The van der Waals surface area contributed by atoms with Crippen LogP contribution >= 0.6 is 11.3 Å². The summed E-state index contributed by atoms with van der Waals surface area (Å²) >= 11 is 1.53. The van der Waals surface area contributed by atoms with Gasteiger partial charge in [-0.2, -0.15) is 11.3 Å². The Hall–Kier alpha value is -2.66. The highest BCUT2D eigenvalue weighted by Gasteiger charge is 2.14. The molecule has 0 unspecified atom stereocenters. The van der Waals surface area contributed by atoms with Crippen molar-refractivity contribution in [2.75, 3.05) is 6.61 Å². The summed E-state index contributed by atoms with van der Waals surface area (Å²) in [7, 11) is 0. The van der Waals surface area contributed by atoms with Gasteiger partial charge < -0.3 is 10.1 Å². The van der Waals surface area contributed by atoms with E-state index in [2.05, 4.69) is 5.32 Å². The smallest absolute Gasteiger partial charge is 0.310 e. The number of carbonyl (C=O) groups excluding carboxylic acids is 2. The third-order valence-corrected chi connectivity index (χ3v) is 4.69. The van der Waals surface area contributed by atoms with Crippen molar-refractivity contribution in [3.63, 3.8) is 0 Å². The first kappa shape index (κ1) is 17.2. The average molecular weight is 353 g/mol. The minimum atomic E-state index is -0.397. The number of hydrogen-bond donors (Lipinski definition) is 1. The maximum absolute atomic E-state index is 12.1. The molecule has 128 valence electrons. The highest BCUT2D eigenvalue weighted by atomic mass is 32.1. The number of esters is 1. The Bertz CT molecular complexity index is 868. The minimum absolute atomic E-state index is 0.172. The Morgan fingerprint density at radius 1 is 1.12 bits per heavy atom. The second kappa shape index (κ2) is 7.94. The molecule has 0 aliphatic heterocycles. The molecular weight excluding hydrogens is 334 g/mol. The number of rotatable bonds is 6. The van der Waals surface area contributed by atoms with E-state index in [0.29, 0.717) is 0 Å². The highest BCUT2D eigenvalue weighted by Crippen LogP contribution is 2.23. The SMILES string of the molecule is C[C@@H](NC(=O)COC(=O)Cc1ccsc1)c1cccc2ccccc12. The summed E-state index contributed by atoms with van der Waals surface area (Å²) in [5.41, 5.74) is 1.94. The number of benzene rings is 2. The Balaban J connectivity index is 1.56. The van der Waals surface area contributed by atoms with Gasteiger partial charge in [-0.05, 0) is 45.6 Å². The van der Waals surface area contributed by atoms with E-state index in [4.69, 9.17) is 4.74 Å². The lowest BCUT2D eigenvalue weighted by atomic mass is 10.00. The molecule has 3 rings (SSSR count). The van der Waals surface area contributed by atoms with E-state index in [1.54, 1.807) is 0 Å². The van der Waals surface area contributed by atoms with Gasteiger partial charge in [0.15, 0.2) is 6.61 Å². The zero-order chi connectivity index (χ0) is 17.6. The third kappa shape index (κ3) is 4.45. The lowest BCUT2D eigenvalue weighted by Crippen LogP contribution is -2.31. The van der Waals surface area contributed by atoms with E-state index < -0.39 is 5.97 Å². The number of amides is 1. The van der Waals surface area contributed by atoms with Gasteiger partial charge in [-0.3, -0.25) is 9.59 Å². The molecule has 1 aromatic heterocycles. The number of thiophene rings is 1. The lowest BCUT2D eigenvalue weighted by Gasteiger charge is -2.16. The van der Waals surface area contributed by atoms with Gasteiger partial charge >= 0.3 is 5.97 Å². The molecule has 0 fully saturated rings. The Kier molecular flexibility index (Phi) is 5.46. The molecule has 1 heterocycles. The maximum Gasteiger partial charge on any atom is 0.310 e. The van der Waals surface area contributed by atoms with Gasteiger partial charge in [-0.25, -0.2) is 0 Å². The summed E-state index contributed by atoms with van der Waals surface area (Å²) in [6.07, 6.45) is 0.190. The zero-order valence-corrected chi connectivity index (χ0v) is 14.7. The van der Waals surface area contributed by atoms with Crippen molar-refractivity contribution in [2.24, 2.45) is 0 Å². The molecule has 4 nitrogen and oxygen atoms in total. The molecule has 1 N–H and O–H groups in total. The van der Waals surface area contributed by atoms with Crippen LogP contribution in [0.25, 0.3) is 10.8 Å². The van der Waals surface area contributed by atoms with Gasteiger partial charge in [0.2, 0.25) is 0 Å². The first-order valence-electron chi connectivity index (χ1n) is 8.07. The maximum atomic E-state index is 12.1. The van der Waals surface area contributed by atoms with Crippen molar-refractivity contribution < 1.29 is 14.3 Å². The molecule has 2 aromatic carbocycles. The molecular formula is C20H19NO3S. The largest absolute Gasteiger partial charge is 0.455 e. The summed E-state index contributed by atoms with van der Waals surface area (Å²) in [5, 5.41) is 8.92. The summed E-state index contributed by atoms with van der Waals surface area (Å²) in [6, 6.07) is 15.8. The fraction of sp³-hybridized carbons (Fsp3) is 0.200. The molecule has 0 radical (unpaired) electrons. The standard InChI is InChI=1S/C20H19NO3S/c1-14(17-8-4-6-16-5-2-3-7-18(16)17)21-19(22)12-24-20(23)11-15-9-10-25-13-15/h2-10,13-14H,11-12H2,1H3,(H,21,22)/t14-/m1/s1. The van der Waals surface area contributed by atoms with Crippen LogP contribution in [0.4, 0.5) is 0 Å². The molecule has 5 heteroatoms. The topological polar surface area (TPSA) is 55.4 Å². The average Bonchev–Trinajstić information content (AvgIpc) is 3.12. The molecule has 25 heavy (non-hydrogen) atoms. The molecule has 1 amide bonds. The van der Waals surface area contributed by atoms with Crippen LogP contribution in [0.3, 0.4) is 0 Å². The van der Waals surface area contributed by atoms with Crippen LogP contribution in [0, 0.1) is 0 Å². The van der Waals surface area contributed by atoms with Crippen LogP contribution in [-0.4, -0.2) is 18.5 Å². The van der Waals surface area contributed by atoms with E-state index in [1.165, 1.54) is 11.3 Å². The summed E-state index contributed by atoms with van der Waals surface area (Å²) in [6.45, 7) is 1.66. The van der Waals surface area contributed by atoms with Crippen LogP contribution in [0.5, 0.6) is 0 Å². The predicted octanol–water partition coefficient (Wildman–Crippen LogP) is 3.86. The molecule has 0 saturated heterocycles. The van der Waals surface area contributed by atoms with Crippen molar-refractivity contribution in [3.05, 3.63) is 70.4 Å². The van der Waals surface area contributed by atoms with E-state index in [0.717, 1.165) is 21.9 Å². The van der Waals surface area contributed by atoms with Crippen molar-refractivity contribution >= 4 is 34.0 Å². The van der Waals surface area contributed by atoms with Crippen LogP contribution in [0.1, 0.15) is 24.1 Å². The summed E-state index contributed by atoms with van der Waals surface area (Å²) in [5.74, 6) is -0.703. The van der Waals surface area contributed by atoms with Gasteiger partial charge in [-0.15, -0.1) is 0 Å². The Morgan fingerprint density at radius 3 is 2.72 bits per heavy atom. The third-order valence-electron chi connectivity index (χ3n) is 3.96. The minimum Gasteiger partial charge on any atom is -0.455 e. The molecule has 0 spiro atoms. The predicted molar refractivity (Wildman–Crippen MR) is 99.5 cm³/mol. The van der Waals surface area contributed by atoms with Gasteiger partial charge in [0.25, 0.3) is 5.91 Å². The first-order chi connectivity index (χ1) is 12.1. The van der Waals surface area contributed by atoms with Crippen LogP contribution < -0.4 is 5.32 Å². The number of carbonyl (C=O) groups is 2. The van der Waals surface area contributed by atoms with Gasteiger partial charge in [0.1, 0.15) is 0 Å². The van der Waals surface area contributed by atoms with Gasteiger partial charge in [-0.1, -0.05) is 42.5 Å². The summed E-state index contributed by atoms with van der Waals surface area (Å²) in [4.78, 5) is 23.8. The molecule has 1 atom stereocenters. The monoisotopic (exact) mass is 353 g/mol. The van der Waals surface area contributed by atoms with E-state index in [1.807, 2.05) is 66.2 Å². The van der Waals surface area contributed by atoms with Crippen LogP contribution in [-0.2, 0) is 20.7 Å². The number of ether oxygens (including phenoxy) is 1. The van der Waals surface area contributed by atoms with E-state index in [-0.39, 0.29) is 25.0 Å².